The number of hydrogen-bond donors (Lipinski definition) is 2. The second-order valence-electron chi connectivity index (χ2n) is 9.74. The number of ether oxygens (including phenoxy) is 4. The number of aliphatic hydroxyl groups excluding tert-OH is 1. The lowest BCUT2D eigenvalue weighted by Gasteiger charge is -2.12. The first-order valence-electron chi connectivity index (χ1n) is 13.2. The van der Waals surface area contributed by atoms with E-state index in [1.54, 1.807) is 37.4 Å². The van der Waals surface area contributed by atoms with Gasteiger partial charge >= 0.3 is 11.6 Å². The van der Waals surface area contributed by atoms with Crippen LogP contribution in [0.15, 0.2) is 57.7 Å². The van der Waals surface area contributed by atoms with E-state index < -0.39 is 11.6 Å². The molecule has 5 rings (SSSR count). The van der Waals surface area contributed by atoms with E-state index >= 15 is 0 Å². The third kappa shape index (κ3) is 4.79. The molecule has 0 saturated heterocycles. The van der Waals surface area contributed by atoms with Crippen molar-refractivity contribution in [1.82, 2.24) is 4.57 Å². The molecule has 0 bridgehead atoms. The Morgan fingerprint density at radius 2 is 1.55 bits per heavy atom. The van der Waals surface area contributed by atoms with Crippen LogP contribution in [0.25, 0.3) is 33.0 Å². The van der Waals surface area contributed by atoms with Crippen LogP contribution < -0.4 is 24.6 Å². The summed E-state index contributed by atoms with van der Waals surface area (Å²) in [5.74, 6) is 0.637. The number of carboxylic acid groups (broad SMARTS) is 1. The maximum absolute atomic E-state index is 13.6. The number of aryl methyl sites for hydroxylation is 3. The normalized spacial score (nSPS) is 11.2. The van der Waals surface area contributed by atoms with Gasteiger partial charge in [0, 0.05) is 28.9 Å². The van der Waals surface area contributed by atoms with Crippen molar-refractivity contribution in [1.29, 1.82) is 0 Å². The van der Waals surface area contributed by atoms with Crippen LogP contribution in [0, 0.1) is 6.92 Å². The first-order chi connectivity index (χ1) is 20.3. The van der Waals surface area contributed by atoms with Crippen LogP contribution in [0.1, 0.15) is 27.2 Å². The lowest BCUT2D eigenvalue weighted by Crippen LogP contribution is -2.14. The van der Waals surface area contributed by atoms with Crippen molar-refractivity contribution in [2.75, 3.05) is 28.4 Å². The molecule has 0 atom stereocenters. The number of methoxy groups -OCH3 is 4. The van der Waals surface area contributed by atoms with E-state index in [9.17, 15) is 19.8 Å². The fourth-order valence-corrected chi connectivity index (χ4v) is 5.38. The molecule has 42 heavy (non-hydrogen) atoms. The lowest BCUT2D eigenvalue weighted by molar-refractivity contribution is 0.0686. The van der Waals surface area contributed by atoms with Crippen molar-refractivity contribution in [3.05, 3.63) is 81.3 Å². The molecule has 5 aromatic rings. The number of aliphatic hydroxyl groups is 1. The minimum atomic E-state index is -1.22. The van der Waals surface area contributed by atoms with Gasteiger partial charge < -0.3 is 38.1 Å². The third-order valence-corrected chi connectivity index (χ3v) is 7.50. The molecule has 0 spiro atoms. The van der Waals surface area contributed by atoms with Crippen molar-refractivity contribution in [2.24, 2.45) is 0 Å². The maximum Gasteiger partial charge on any atom is 0.361 e. The summed E-state index contributed by atoms with van der Waals surface area (Å²) in [5.41, 5.74) is 2.77. The van der Waals surface area contributed by atoms with Crippen molar-refractivity contribution in [3.8, 4) is 34.1 Å². The van der Waals surface area contributed by atoms with E-state index in [2.05, 4.69) is 0 Å². The lowest BCUT2D eigenvalue weighted by atomic mass is 9.96. The van der Waals surface area contributed by atoms with Crippen LogP contribution in [-0.4, -0.2) is 49.2 Å². The Hall–Kier alpha value is -4.96. The molecule has 2 aromatic heterocycles. The van der Waals surface area contributed by atoms with Crippen LogP contribution in [-0.2, 0) is 19.6 Å². The van der Waals surface area contributed by atoms with Crippen molar-refractivity contribution < 1.29 is 38.4 Å². The predicted octanol–water partition coefficient (Wildman–Crippen LogP) is 5.19. The molecular weight excluding hydrogens is 542 g/mol. The third-order valence-electron chi connectivity index (χ3n) is 7.50. The zero-order chi connectivity index (χ0) is 30.1. The topological polar surface area (TPSA) is 130 Å². The summed E-state index contributed by atoms with van der Waals surface area (Å²) in [6.07, 6.45) is 0.378. The number of hydrogen-bond acceptors (Lipinski definition) is 8. The zero-order valence-electron chi connectivity index (χ0n) is 23.9. The summed E-state index contributed by atoms with van der Waals surface area (Å²) in [6, 6.07) is 14.0. The Morgan fingerprint density at radius 1 is 0.881 bits per heavy atom. The van der Waals surface area contributed by atoms with Gasteiger partial charge in [0.05, 0.1) is 35.0 Å². The van der Waals surface area contributed by atoms with Gasteiger partial charge in [0.15, 0.2) is 23.0 Å². The van der Waals surface area contributed by atoms with Gasteiger partial charge in [-0.15, -0.1) is 0 Å². The number of aromatic nitrogens is 1. The summed E-state index contributed by atoms with van der Waals surface area (Å²) in [6.45, 7) is 1.78. The van der Waals surface area contributed by atoms with Crippen molar-refractivity contribution >= 4 is 27.8 Å². The van der Waals surface area contributed by atoms with Gasteiger partial charge in [0.25, 0.3) is 0 Å². The SMILES string of the molecule is COc1ccc(CCn2c(C(=O)O)c(-c3ccc(C)c(CO)c3)c3c4cc(OC)c(OC)cc4oc(=O)c32)cc1OC. The Labute approximate surface area is 241 Å². The molecule has 3 aromatic carbocycles. The molecule has 0 saturated carbocycles. The Kier molecular flexibility index (Phi) is 7.82. The average Bonchev–Trinajstić information content (AvgIpc) is 3.35. The van der Waals surface area contributed by atoms with Crippen LogP contribution in [0.5, 0.6) is 23.0 Å². The summed E-state index contributed by atoms with van der Waals surface area (Å²) in [5, 5.41) is 21.5. The molecule has 218 valence electrons. The van der Waals surface area contributed by atoms with E-state index in [0.29, 0.717) is 56.9 Å². The van der Waals surface area contributed by atoms with Gasteiger partial charge in [0.2, 0.25) is 0 Å². The highest BCUT2D eigenvalue weighted by molar-refractivity contribution is 6.17. The molecule has 0 amide bonds. The van der Waals surface area contributed by atoms with E-state index in [4.69, 9.17) is 23.4 Å². The standard InChI is InChI=1S/C32H31NO9/c1-17-6-8-19(13-20(17)16-34)27-28-21-14-25(40-4)26(41-5)15-23(21)42-32(37)30(28)33(29(27)31(35)36)11-10-18-7-9-22(38-2)24(12-18)39-3/h6-9,12-15,34H,10-11,16H2,1-5H3,(H,35,36). The molecule has 0 unspecified atom stereocenters. The minimum absolute atomic E-state index is 0.0761. The second kappa shape index (κ2) is 11.5. The van der Waals surface area contributed by atoms with Gasteiger partial charge in [-0.05, 0) is 59.9 Å². The number of nitrogens with zero attached hydrogens (tertiary/aromatic N) is 1. The summed E-state index contributed by atoms with van der Waals surface area (Å²) in [7, 11) is 6.05. The van der Waals surface area contributed by atoms with E-state index in [0.717, 1.165) is 11.1 Å². The fraction of sp³-hybridized carbons (Fsp3) is 0.250. The Morgan fingerprint density at radius 3 is 2.19 bits per heavy atom. The van der Waals surface area contributed by atoms with Gasteiger partial charge in [0.1, 0.15) is 16.8 Å². The molecule has 2 heterocycles. The van der Waals surface area contributed by atoms with Crippen LogP contribution in [0.4, 0.5) is 0 Å². The summed E-state index contributed by atoms with van der Waals surface area (Å²) < 4.78 is 28.9. The number of fused-ring (bicyclic) bond motifs is 3. The highest BCUT2D eigenvalue weighted by Gasteiger charge is 2.29. The van der Waals surface area contributed by atoms with Crippen LogP contribution >= 0.6 is 0 Å². The molecule has 10 heteroatoms. The molecule has 10 nitrogen and oxygen atoms in total. The molecule has 0 radical (unpaired) electrons. The Balaban J connectivity index is 1.85. The smallest absolute Gasteiger partial charge is 0.361 e. The number of carbonyl (C=O) groups is 1. The Bertz CT molecular complexity index is 1880. The molecule has 0 aliphatic heterocycles. The van der Waals surface area contributed by atoms with Crippen molar-refractivity contribution in [2.45, 2.75) is 26.5 Å². The largest absolute Gasteiger partial charge is 0.493 e. The second-order valence-corrected chi connectivity index (χ2v) is 9.74. The first kappa shape index (κ1) is 28.6. The van der Waals surface area contributed by atoms with Crippen molar-refractivity contribution in [3.63, 3.8) is 0 Å². The molecule has 0 aliphatic carbocycles. The highest BCUT2D eigenvalue weighted by atomic mass is 16.5. The van der Waals surface area contributed by atoms with E-state index in [1.807, 2.05) is 25.1 Å². The fourth-order valence-electron chi connectivity index (χ4n) is 5.38. The number of carboxylic acids is 1. The molecule has 0 aliphatic rings. The number of aromatic carboxylic acids is 1. The van der Waals surface area contributed by atoms with Crippen LogP contribution in [0.2, 0.25) is 0 Å². The monoisotopic (exact) mass is 573 g/mol. The minimum Gasteiger partial charge on any atom is -0.493 e. The maximum atomic E-state index is 13.6. The molecule has 0 fully saturated rings. The van der Waals surface area contributed by atoms with Gasteiger partial charge in [-0.25, -0.2) is 9.59 Å². The molecule has 2 N–H and O–H groups in total. The van der Waals surface area contributed by atoms with Gasteiger partial charge in [-0.1, -0.05) is 18.2 Å². The number of rotatable bonds is 10. The van der Waals surface area contributed by atoms with Gasteiger partial charge in [-0.2, -0.15) is 0 Å². The summed E-state index contributed by atoms with van der Waals surface area (Å²) >= 11 is 0. The van der Waals surface area contributed by atoms with Crippen LogP contribution in [0.3, 0.4) is 0 Å². The zero-order valence-corrected chi connectivity index (χ0v) is 23.9. The predicted molar refractivity (Wildman–Crippen MR) is 157 cm³/mol. The highest BCUT2D eigenvalue weighted by Crippen LogP contribution is 2.42. The van der Waals surface area contributed by atoms with E-state index in [-0.39, 0.29) is 29.9 Å². The first-order valence-corrected chi connectivity index (χ1v) is 13.2. The summed E-state index contributed by atoms with van der Waals surface area (Å²) in [4.78, 5) is 26.6. The number of benzene rings is 3. The van der Waals surface area contributed by atoms with E-state index in [1.165, 1.54) is 25.9 Å². The average molecular weight is 574 g/mol. The van der Waals surface area contributed by atoms with Gasteiger partial charge in [-0.3, -0.25) is 0 Å². The molecular formula is C32H31NO9. The quantitative estimate of drug-likeness (QED) is 0.217.